The third-order valence-corrected chi connectivity index (χ3v) is 4.16. The molecule has 0 aliphatic rings. The average Bonchev–Trinajstić information content (AvgIpc) is 2.59. The van der Waals surface area contributed by atoms with E-state index in [1.54, 1.807) is 11.9 Å². The lowest BCUT2D eigenvalue weighted by molar-refractivity contribution is -0.118. The molecule has 0 unspecified atom stereocenters. The minimum absolute atomic E-state index is 0.0258. The molecule has 0 heterocycles. The fourth-order valence-corrected chi connectivity index (χ4v) is 2.73. The number of hydrogen-bond acceptors (Lipinski definition) is 3. The first-order chi connectivity index (χ1) is 11.5. The predicted molar refractivity (Wildman–Crippen MR) is 96.3 cm³/mol. The Kier molecular flexibility index (Phi) is 5.99. The van der Waals surface area contributed by atoms with Crippen LogP contribution < -0.4 is 9.64 Å². The molecule has 2 aromatic carbocycles. The van der Waals surface area contributed by atoms with E-state index >= 15 is 0 Å². The fraction of sp³-hybridized carbons (Fsp3) is 0.350. The van der Waals surface area contributed by atoms with Gasteiger partial charge in [-0.3, -0.25) is 4.79 Å². The van der Waals surface area contributed by atoms with Gasteiger partial charge in [-0.15, -0.1) is 0 Å². The predicted octanol–water partition coefficient (Wildman–Crippen LogP) is 3.75. The van der Waals surface area contributed by atoms with Crippen molar-refractivity contribution in [3.05, 3.63) is 58.7 Å². The Morgan fingerprint density at radius 2 is 1.96 bits per heavy atom. The molecule has 0 atom stereocenters. The first-order valence-corrected chi connectivity index (χ1v) is 8.16. The summed E-state index contributed by atoms with van der Waals surface area (Å²) in [5.74, 6) is 0.835. The number of amides is 1. The van der Waals surface area contributed by atoms with Gasteiger partial charge >= 0.3 is 0 Å². The maximum atomic E-state index is 12.1. The molecule has 4 nitrogen and oxygen atoms in total. The fourth-order valence-electron chi connectivity index (χ4n) is 2.73. The van der Waals surface area contributed by atoms with E-state index in [1.165, 1.54) is 5.56 Å². The Hall–Kier alpha value is -2.33. The number of hydrogen-bond donors (Lipinski definition) is 1. The van der Waals surface area contributed by atoms with E-state index in [0.29, 0.717) is 13.0 Å². The molecule has 0 radical (unpaired) electrons. The van der Waals surface area contributed by atoms with Crippen LogP contribution in [-0.4, -0.2) is 18.1 Å². The number of nitrogens with zero attached hydrogens (tertiary/aromatic N) is 1. The van der Waals surface area contributed by atoms with Gasteiger partial charge in [-0.05, 0) is 37.1 Å². The summed E-state index contributed by atoms with van der Waals surface area (Å²) in [5.41, 5.74) is 4.64. The molecule has 0 aromatic heterocycles. The zero-order chi connectivity index (χ0) is 17.7. The van der Waals surface area contributed by atoms with Crippen molar-refractivity contribution in [1.82, 2.24) is 0 Å². The molecule has 2 rings (SSSR count). The maximum absolute atomic E-state index is 12.1. The number of aryl methyl sites for hydroxylation is 2. The van der Waals surface area contributed by atoms with Gasteiger partial charge in [-0.1, -0.05) is 36.8 Å². The number of rotatable bonds is 6. The first-order valence-electron chi connectivity index (χ1n) is 8.16. The molecule has 2 aromatic rings. The minimum atomic E-state index is -0.0897. The van der Waals surface area contributed by atoms with E-state index in [2.05, 4.69) is 6.07 Å². The topological polar surface area (TPSA) is 49.8 Å². The molecular weight excluding hydrogens is 302 g/mol. The largest absolute Gasteiger partial charge is 0.489 e. The number of ether oxygens (including phenoxy) is 1. The lowest BCUT2D eigenvalue weighted by Crippen LogP contribution is -2.27. The molecule has 4 heteroatoms. The summed E-state index contributed by atoms with van der Waals surface area (Å²) in [6, 6.07) is 11.6. The lowest BCUT2D eigenvalue weighted by atomic mass is 10.1. The molecule has 0 bridgehead atoms. The lowest BCUT2D eigenvalue weighted by Gasteiger charge is -2.22. The average molecular weight is 327 g/mol. The van der Waals surface area contributed by atoms with Crippen LogP contribution in [0.3, 0.4) is 0 Å². The Labute approximate surface area is 143 Å². The van der Waals surface area contributed by atoms with E-state index in [-0.39, 0.29) is 12.5 Å². The van der Waals surface area contributed by atoms with Crippen molar-refractivity contribution in [2.45, 2.75) is 40.4 Å². The van der Waals surface area contributed by atoms with Crippen molar-refractivity contribution in [3.63, 3.8) is 0 Å². The molecule has 1 N–H and O–H groups in total. The Morgan fingerprint density at radius 1 is 1.21 bits per heavy atom. The molecule has 0 aliphatic heterocycles. The van der Waals surface area contributed by atoms with Crippen LogP contribution in [0.15, 0.2) is 36.4 Å². The van der Waals surface area contributed by atoms with E-state index in [1.807, 2.05) is 51.1 Å². The molecule has 128 valence electrons. The van der Waals surface area contributed by atoms with Crippen molar-refractivity contribution in [2.24, 2.45) is 0 Å². The smallest absolute Gasteiger partial charge is 0.226 e. The highest BCUT2D eigenvalue weighted by Gasteiger charge is 2.16. The van der Waals surface area contributed by atoms with Crippen LogP contribution in [0.4, 0.5) is 5.69 Å². The second kappa shape index (κ2) is 7.97. The van der Waals surface area contributed by atoms with Crippen LogP contribution in [0.1, 0.15) is 35.6 Å². The van der Waals surface area contributed by atoms with E-state index in [0.717, 1.165) is 28.1 Å². The number of anilines is 1. The van der Waals surface area contributed by atoms with Crippen molar-refractivity contribution in [3.8, 4) is 5.75 Å². The highest BCUT2D eigenvalue weighted by Crippen LogP contribution is 2.27. The second-order valence-corrected chi connectivity index (χ2v) is 5.94. The van der Waals surface area contributed by atoms with Crippen LogP contribution in [0.5, 0.6) is 5.75 Å². The van der Waals surface area contributed by atoms with E-state index < -0.39 is 0 Å². The normalized spacial score (nSPS) is 10.5. The van der Waals surface area contributed by atoms with Crippen LogP contribution in [0, 0.1) is 13.8 Å². The van der Waals surface area contributed by atoms with Crippen molar-refractivity contribution >= 4 is 11.6 Å². The molecule has 24 heavy (non-hydrogen) atoms. The van der Waals surface area contributed by atoms with Crippen molar-refractivity contribution in [1.29, 1.82) is 0 Å². The molecule has 0 spiro atoms. The zero-order valence-corrected chi connectivity index (χ0v) is 14.8. The van der Waals surface area contributed by atoms with Crippen LogP contribution >= 0.6 is 0 Å². The van der Waals surface area contributed by atoms with Gasteiger partial charge in [0, 0.05) is 19.0 Å². The summed E-state index contributed by atoms with van der Waals surface area (Å²) in [7, 11) is 1.75. The third kappa shape index (κ3) is 3.95. The van der Waals surface area contributed by atoms with Crippen LogP contribution in [0.2, 0.25) is 0 Å². The summed E-state index contributed by atoms with van der Waals surface area (Å²) >= 11 is 0. The van der Waals surface area contributed by atoms with Crippen LogP contribution in [-0.2, 0) is 18.0 Å². The molecule has 0 saturated carbocycles. The van der Waals surface area contributed by atoms with Crippen molar-refractivity contribution in [2.75, 3.05) is 11.9 Å². The summed E-state index contributed by atoms with van der Waals surface area (Å²) < 4.78 is 5.98. The van der Waals surface area contributed by atoms with Gasteiger partial charge in [0.2, 0.25) is 5.91 Å². The number of aliphatic hydroxyl groups is 1. The van der Waals surface area contributed by atoms with E-state index in [9.17, 15) is 9.90 Å². The van der Waals surface area contributed by atoms with E-state index in [4.69, 9.17) is 4.74 Å². The minimum Gasteiger partial charge on any atom is -0.489 e. The Bertz CT molecular complexity index is 725. The summed E-state index contributed by atoms with van der Waals surface area (Å²) in [4.78, 5) is 13.7. The number of carbonyl (C=O) groups excluding carboxylic acids is 1. The third-order valence-electron chi connectivity index (χ3n) is 4.16. The second-order valence-electron chi connectivity index (χ2n) is 5.94. The first kappa shape index (κ1) is 18.0. The number of aliphatic hydroxyl groups excluding tert-OH is 1. The molecular formula is C20H25NO3. The van der Waals surface area contributed by atoms with Crippen molar-refractivity contribution < 1.29 is 14.6 Å². The van der Waals surface area contributed by atoms with Crippen LogP contribution in [0.25, 0.3) is 0 Å². The quantitative estimate of drug-likeness (QED) is 0.879. The van der Waals surface area contributed by atoms with Gasteiger partial charge < -0.3 is 14.7 Å². The Morgan fingerprint density at radius 3 is 2.58 bits per heavy atom. The molecule has 1 amide bonds. The summed E-state index contributed by atoms with van der Waals surface area (Å²) in [5, 5.41) is 9.65. The van der Waals surface area contributed by atoms with Gasteiger partial charge in [0.15, 0.2) is 0 Å². The number of carbonyl (C=O) groups is 1. The highest BCUT2D eigenvalue weighted by atomic mass is 16.5. The molecule has 0 aliphatic carbocycles. The monoisotopic (exact) mass is 327 g/mol. The molecule has 0 saturated heterocycles. The zero-order valence-electron chi connectivity index (χ0n) is 14.8. The number of benzene rings is 2. The van der Waals surface area contributed by atoms with Gasteiger partial charge in [0.05, 0.1) is 12.3 Å². The Balaban J connectivity index is 2.32. The summed E-state index contributed by atoms with van der Waals surface area (Å²) in [6.07, 6.45) is 0.428. The van der Waals surface area contributed by atoms with Gasteiger partial charge in [0.25, 0.3) is 0 Å². The maximum Gasteiger partial charge on any atom is 0.226 e. The SMILES string of the molecule is CCC(=O)N(C)c1cccc(CO)c1COc1ccc(C)cc1C. The molecule has 0 fully saturated rings. The van der Waals surface area contributed by atoms with Gasteiger partial charge in [0.1, 0.15) is 12.4 Å². The van der Waals surface area contributed by atoms with Gasteiger partial charge in [-0.2, -0.15) is 0 Å². The summed E-state index contributed by atoms with van der Waals surface area (Å²) in [6.45, 7) is 6.10. The highest BCUT2D eigenvalue weighted by molar-refractivity contribution is 5.93. The van der Waals surface area contributed by atoms with Gasteiger partial charge in [-0.25, -0.2) is 0 Å². The standard InChI is InChI=1S/C20H25NO3/c1-5-20(23)21(4)18-8-6-7-16(12-22)17(18)13-24-19-10-9-14(2)11-15(19)3/h6-11,22H,5,12-13H2,1-4H3.